The van der Waals surface area contributed by atoms with Crippen LogP contribution in [0.5, 0.6) is 0 Å². The summed E-state index contributed by atoms with van der Waals surface area (Å²) < 4.78 is 1.65. The third-order valence-corrected chi connectivity index (χ3v) is 4.44. The average molecular weight is 326 g/mol. The first kappa shape index (κ1) is 16.2. The first-order valence-electron chi connectivity index (χ1n) is 8.15. The molecular formula is C18H22N4O2. The third-order valence-electron chi connectivity index (χ3n) is 4.44. The number of aromatic nitrogens is 2. The first-order chi connectivity index (χ1) is 11.5. The molecule has 1 fully saturated rings. The van der Waals surface area contributed by atoms with Gasteiger partial charge in [-0.1, -0.05) is 17.7 Å². The van der Waals surface area contributed by atoms with Crippen LogP contribution in [-0.4, -0.2) is 34.2 Å². The first-order valence-corrected chi connectivity index (χ1v) is 8.15. The highest BCUT2D eigenvalue weighted by Crippen LogP contribution is 2.21. The summed E-state index contributed by atoms with van der Waals surface area (Å²) in [5.74, 6) is -0.367. The standard InChI is InChI=1S/C18H22N4O2/c1-12-6-8-14(9-7-12)22-10-4-5-15(18(22)24)19-17(23)16-11-13(2)21(3)20-16/h6-9,11,15H,4-5,10H2,1-3H3,(H,19,23)/t15-/m1/s1. The topological polar surface area (TPSA) is 67.2 Å². The minimum Gasteiger partial charge on any atom is -0.339 e. The molecule has 1 aromatic carbocycles. The van der Waals surface area contributed by atoms with E-state index >= 15 is 0 Å². The Hall–Kier alpha value is -2.63. The van der Waals surface area contributed by atoms with Gasteiger partial charge < -0.3 is 10.2 Å². The molecule has 1 saturated heterocycles. The minimum absolute atomic E-state index is 0.0638. The van der Waals surface area contributed by atoms with Crippen molar-refractivity contribution in [1.82, 2.24) is 15.1 Å². The summed E-state index contributed by atoms with van der Waals surface area (Å²) in [6, 6.07) is 9.08. The van der Waals surface area contributed by atoms with E-state index in [1.165, 1.54) is 0 Å². The summed E-state index contributed by atoms with van der Waals surface area (Å²) in [6.07, 6.45) is 1.50. The Bertz CT molecular complexity index is 744. The fraction of sp³-hybridized carbons (Fsp3) is 0.389. The van der Waals surface area contributed by atoms with Gasteiger partial charge in [-0.25, -0.2) is 0 Å². The lowest BCUT2D eigenvalue weighted by Crippen LogP contribution is -2.52. The molecule has 126 valence electrons. The molecule has 1 N–H and O–H groups in total. The second-order valence-electron chi connectivity index (χ2n) is 6.29. The van der Waals surface area contributed by atoms with Crippen LogP contribution in [-0.2, 0) is 11.8 Å². The van der Waals surface area contributed by atoms with Gasteiger partial charge in [0.25, 0.3) is 5.91 Å². The highest BCUT2D eigenvalue weighted by Gasteiger charge is 2.31. The summed E-state index contributed by atoms with van der Waals surface area (Å²) in [6.45, 7) is 4.57. The van der Waals surface area contributed by atoms with Crippen molar-refractivity contribution in [3.05, 3.63) is 47.3 Å². The quantitative estimate of drug-likeness (QED) is 0.937. The number of hydrogen-bond donors (Lipinski definition) is 1. The zero-order valence-electron chi connectivity index (χ0n) is 14.2. The van der Waals surface area contributed by atoms with Gasteiger partial charge >= 0.3 is 0 Å². The number of rotatable bonds is 3. The molecule has 0 saturated carbocycles. The van der Waals surface area contributed by atoms with Gasteiger partial charge in [0.05, 0.1) is 0 Å². The van der Waals surface area contributed by atoms with Crippen molar-refractivity contribution in [2.24, 2.45) is 7.05 Å². The molecule has 0 unspecified atom stereocenters. The van der Waals surface area contributed by atoms with Gasteiger partial charge in [-0.2, -0.15) is 5.10 Å². The van der Waals surface area contributed by atoms with E-state index in [0.29, 0.717) is 18.7 Å². The van der Waals surface area contributed by atoms with Crippen LogP contribution < -0.4 is 10.2 Å². The van der Waals surface area contributed by atoms with E-state index in [1.807, 2.05) is 38.1 Å². The van der Waals surface area contributed by atoms with E-state index in [0.717, 1.165) is 23.4 Å². The maximum atomic E-state index is 12.7. The predicted octanol–water partition coefficient (Wildman–Crippen LogP) is 1.96. The Balaban J connectivity index is 1.73. The Morgan fingerprint density at radius 3 is 2.58 bits per heavy atom. The number of carbonyl (C=O) groups excluding carboxylic acids is 2. The van der Waals surface area contributed by atoms with Gasteiger partial charge in [-0.15, -0.1) is 0 Å². The summed E-state index contributed by atoms with van der Waals surface area (Å²) in [5.41, 5.74) is 3.27. The van der Waals surface area contributed by atoms with Crippen molar-refractivity contribution in [2.75, 3.05) is 11.4 Å². The Labute approximate surface area is 141 Å². The van der Waals surface area contributed by atoms with Crippen molar-refractivity contribution in [2.45, 2.75) is 32.7 Å². The molecule has 0 bridgehead atoms. The van der Waals surface area contributed by atoms with Crippen LogP contribution in [0.3, 0.4) is 0 Å². The zero-order chi connectivity index (χ0) is 17.3. The number of carbonyl (C=O) groups is 2. The number of nitrogens with zero attached hydrogens (tertiary/aromatic N) is 3. The number of aryl methyl sites for hydroxylation is 3. The number of hydrogen-bond acceptors (Lipinski definition) is 3. The Morgan fingerprint density at radius 1 is 1.25 bits per heavy atom. The average Bonchev–Trinajstić information content (AvgIpc) is 2.90. The van der Waals surface area contributed by atoms with Crippen LogP contribution in [0.2, 0.25) is 0 Å². The molecule has 1 atom stereocenters. The zero-order valence-corrected chi connectivity index (χ0v) is 14.2. The fourth-order valence-corrected chi connectivity index (χ4v) is 2.89. The number of nitrogens with one attached hydrogen (secondary N) is 1. The molecule has 1 aliphatic heterocycles. The van der Waals surface area contributed by atoms with Crippen LogP contribution in [0, 0.1) is 13.8 Å². The van der Waals surface area contributed by atoms with Crippen molar-refractivity contribution >= 4 is 17.5 Å². The molecule has 0 aliphatic carbocycles. The second-order valence-corrected chi connectivity index (χ2v) is 6.29. The van der Waals surface area contributed by atoms with Crippen LogP contribution in [0.1, 0.15) is 34.6 Å². The SMILES string of the molecule is Cc1ccc(N2CCC[C@@H](NC(=O)c3cc(C)n(C)n3)C2=O)cc1. The number of piperidine rings is 1. The van der Waals surface area contributed by atoms with E-state index < -0.39 is 6.04 Å². The highest BCUT2D eigenvalue weighted by atomic mass is 16.2. The summed E-state index contributed by atoms with van der Waals surface area (Å²) in [4.78, 5) is 26.8. The second kappa shape index (κ2) is 6.47. The maximum Gasteiger partial charge on any atom is 0.272 e. The van der Waals surface area contributed by atoms with E-state index in [-0.39, 0.29) is 11.8 Å². The smallest absolute Gasteiger partial charge is 0.272 e. The molecule has 1 aromatic heterocycles. The molecule has 0 radical (unpaired) electrons. The largest absolute Gasteiger partial charge is 0.339 e. The lowest BCUT2D eigenvalue weighted by Gasteiger charge is -2.32. The molecule has 24 heavy (non-hydrogen) atoms. The highest BCUT2D eigenvalue weighted by molar-refractivity contribution is 6.02. The number of amides is 2. The Morgan fingerprint density at radius 2 is 1.96 bits per heavy atom. The molecule has 6 nitrogen and oxygen atoms in total. The van der Waals surface area contributed by atoms with Gasteiger partial charge in [0.15, 0.2) is 0 Å². The van der Waals surface area contributed by atoms with E-state index in [1.54, 1.807) is 22.7 Å². The molecule has 6 heteroatoms. The van der Waals surface area contributed by atoms with Crippen molar-refractivity contribution in [3.63, 3.8) is 0 Å². The molecule has 1 aliphatic rings. The number of anilines is 1. The van der Waals surface area contributed by atoms with Gasteiger partial charge in [0.2, 0.25) is 5.91 Å². The monoisotopic (exact) mass is 326 g/mol. The van der Waals surface area contributed by atoms with E-state index in [9.17, 15) is 9.59 Å². The predicted molar refractivity (Wildman–Crippen MR) is 92.0 cm³/mol. The van der Waals surface area contributed by atoms with E-state index in [2.05, 4.69) is 10.4 Å². The minimum atomic E-state index is -0.505. The normalized spacial score (nSPS) is 17.9. The Kier molecular flexibility index (Phi) is 4.38. The molecule has 2 amide bonds. The summed E-state index contributed by atoms with van der Waals surface area (Å²) >= 11 is 0. The maximum absolute atomic E-state index is 12.7. The van der Waals surface area contributed by atoms with Crippen LogP contribution >= 0.6 is 0 Å². The van der Waals surface area contributed by atoms with Crippen molar-refractivity contribution in [1.29, 1.82) is 0 Å². The summed E-state index contributed by atoms with van der Waals surface area (Å²) in [5, 5.41) is 7.00. The molecule has 3 rings (SSSR count). The van der Waals surface area contributed by atoms with Gasteiger partial charge in [0.1, 0.15) is 11.7 Å². The molecule has 2 aromatic rings. The van der Waals surface area contributed by atoms with Gasteiger partial charge in [0, 0.05) is 25.0 Å². The lowest BCUT2D eigenvalue weighted by atomic mass is 10.0. The van der Waals surface area contributed by atoms with Crippen LogP contribution in [0.25, 0.3) is 0 Å². The van der Waals surface area contributed by atoms with Gasteiger partial charge in [-0.05, 0) is 44.9 Å². The lowest BCUT2D eigenvalue weighted by molar-refractivity contribution is -0.121. The van der Waals surface area contributed by atoms with Gasteiger partial charge in [-0.3, -0.25) is 14.3 Å². The fourth-order valence-electron chi connectivity index (χ4n) is 2.89. The van der Waals surface area contributed by atoms with Crippen molar-refractivity contribution in [3.8, 4) is 0 Å². The molecule has 2 heterocycles. The third kappa shape index (κ3) is 3.18. The van der Waals surface area contributed by atoms with E-state index in [4.69, 9.17) is 0 Å². The molecule has 0 spiro atoms. The van der Waals surface area contributed by atoms with Crippen LogP contribution in [0.4, 0.5) is 5.69 Å². The summed E-state index contributed by atoms with van der Waals surface area (Å²) in [7, 11) is 1.79. The van der Waals surface area contributed by atoms with Crippen molar-refractivity contribution < 1.29 is 9.59 Å². The van der Waals surface area contributed by atoms with Crippen LogP contribution in [0.15, 0.2) is 30.3 Å². The number of benzene rings is 1. The molecular weight excluding hydrogens is 304 g/mol.